The van der Waals surface area contributed by atoms with Gasteiger partial charge in [-0.05, 0) is 45.3 Å². The van der Waals surface area contributed by atoms with Gasteiger partial charge in [-0.3, -0.25) is 4.90 Å². The first-order valence-corrected chi connectivity index (χ1v) is 7.72. The van der Waals surface area contributed by atoms with Gasteiger partial charge in [0.15, 0.2) is 0 Å². The second-order valence-electron chi connectivity index (χ2n) is 4.95. The van der Waals surface area contributed by atoms with Gasteiger partial charge >= 0.3 is 0 Å². The SMILES string of the molecule is CCCNC(CCC)C(CC)N(CC)CCC. The van der Waals surface area contributed by atoms with Gasteiger partial charge in [-0.2, -0.15) is 0 Å². The molecule has 2 nitrogen and oxygen atoms in total. The molecule has 0 saturated heterocycles. The molecule has 0 aromatic carbocycles. The van der Waals surface area contributed by atoms with E-state index in [9.17, 15) is 0 Å². The molecule has 104 valence electrons. The van der Waals surface area contributed by atoms with Crippen molar-refractivity contribution in [3.8, 4) is 0 Å². The summed E-state index contributed by atoms with van der Waals surface area (Å²) < 4.78 is 0. The molecule has 0 aliphatic rings. The Hall–Kier alpha value is -0.0800. The van der Waals surface area contributed by atoms with Crippen molar-refractivity contribution in [2.24, 2.45) is 0 Å². The van der Waals surface area contributed by atoms with Crippen LogP contribution in [0.5, 0.6) is 0 Å². The quantitative estimate of drug-likeness (QED) is 0.595. The first-order valence-electron chi connectivity index (χ1n) is 7.72. The highest BCUT2D eigenvalue weighted by Gasteiger charge is 2.23. The molecule has 0 spiro atoms. The van der Waals surface area contributed by atoms with Gasteiger partial charge in [0.2, 0.25) is 0 Å². The van der Waals surface area contributed by atoms with Crippen molar-refractivity contribution in [2.45, 2.75) is 78.8 Å². The Balaban J connectivity index is 4.48. The van der Waals surface area contributed by atoms with Crippen LogP contribution in [0.4, 0.5) is 0 Å². The maximum atomic E-state index is 3.75. The Morgan fingerprint density at radius 3 is 2.06 bits per heavy atom. The maximum absolute atomic E-state index is 3.75. The van der Waals surface area contributed by atoms with E-state index in [4.69, 9.17) is 0 Å². The number of hydrogen-bond donors (Lipinski definition) is 1. The molecule has 0 radical (unpaired) electrons. The van der Waals surface area contributed by atoms with Crippen molar-refractivity contribution in [3.63, 3.8) is 0 Å². The lowest BCUT2D eigenvalue weighted by Gasteiger charge is -2.36. The van der Waals surface area contributed by atoms with E-state index in [1.165, 1.54) is 45.2 Å². The van der Waals surface area contributed by atoms with E-state index in [0.717, 1.165) is 6.54 Å². The molecule has 17 heavy (non-hydrogen) atoms. The van der Waals surface area contributed by atoms with Crippen molar-refractivity contribution in [1.29, 1.82) is 0 Å². The number of nitrogens with one attached hydrogen (secondary N) is 1. The van der Waals surface area contributed by atoms with Crippen LogP contribution < -0.4 is 5.32 Å². The molecule has 0 aromatic rings. The summed E-state index contributed by atoms with van der Waals surface area (Å²) in [6.07, 6.45) is 6.34. The predicted molar refractivity (Wildman–Crippen MR) is 78.6 cm³/mol. The predicted octanol–water partition coefficient (Wildman–Crippen LogP) is 3.67. The van der Waals surface area contributed by atoms with Crippen molar-refractivity contribution >= 4 is 0 Å². The lowest BCUT2D eigenvalue weighted by atomic mass is 9.98. The van der Waals surface area contributed by atoms with E-state index < -0.39 is 0 Å². The Morgan fingerprint density at radius 1 is 0.941 bits per heavy atom. The van der Waals surface area contributed by atoms with Crippen LogP contribution in [0.15, 0.2) is 0 Å². The third kappa shape index (κ3) is 6.42. The van der Waals surface area contributed by atoms with Crippen molar-refractivity contribution in [1.82, 2.24) is 10.2 Å². The van der Waals surface area contributed by atoms with Gasteiger partial charge in [-0.1, -0.05) is 41.0 Å². The zero-order valence-electron chi connectivity index (χ0n) is 12.8. The lowest BCUT2D eigenvalue weighted by molar-refractivity contribution is 0.153. The number of nitrogens with zero attached hydrogens (tertiary/aromatic N) is 1. The zero-order chi connectivity index (χ0) is 13.1. The minimum absolute atomic E-state index is 0.677. The molecule has 0 aromatic heterocycles. The second-order valence-corrected chi connectivity index (χ2v) is 4.95. The van der Waals surface area contributed by atoms with Crippen LogP contribution in [0.25, 0.3) is 0 Å². The van der Waals surface area contributed by atoms with Crippen molar-refractivity contribution in [2.75, 3.05) is 19.6 Å². The standard InChI is InChI=1S/C15H34N2/c1-6-11-14(16-12-7-2)15(9-4)17(10-5)13-8-3/h14-16H,6-13H2,1-5H3. The maximum Gasteiger partial charge on any atom is 0.0246 e. The number of likely N-dealkylation sites (N-methyl/N-ethyl adjacent to an activating group) is 1. The van der Waals surface area contributed by atoms with Crippen molar-refractivity contribution in [3.05, 3.63) is 0 Å². The van der Waals surface area contributed by atoms with Crippen LogP contribution in [0.2, 0.25) is 0 Å². The van der Waals surface area contributed by atoms with Crippen LogP contribution in [0.3, 0.4) is 0 Å². The normalized spacial score (nSPS) is 15.2. The van der Waals surface area contributed by atoms with Crippen molar-refractivity contribution < 1.29 is 0 Å². The summed E-state index contributed by atoms with van der Waals surface area (Å²) in [6.45, 7) is 15.0. The molecule has 0 heterocycles. The summed E-state index contributed by atoms with van der Waals surface area (Å²) >= 11 is 0. The third-order valence-corrected chi connectivity index (χ3v) is 3.52. The van der Waals surface area contributed by atoms with Gasteiger partial charge in [0.25, 0.3) is 0 Å². The Morgan fingerprint density at radius 2 is 1.65 bits per heavy atom. The topological polar surface area (TPSA) is 15.3 Å². The summed E-state index contributed by atoms with van der Waals surface area (Å²) in [5.41, 5.74) is 0. The highest BCUT2D eigenvalue weighted by atomic mass is 15.2. The molecular weight excluding hydrogens is 208 g/mol. The molecule has 0 aliphatic carbocycles. The first-order chi connectivity index (χ1) is 8.24. The highest BCUT2D eigenvalue weighted by molar-refractivity contribution is 4.83. The summed E-state index contributed by atoms with van der Waals surface area (Å²) in [5.74, 6) is 0. The van der Waals surface area contributed by atoms with Gasteiger partial charge in [0.1, 0.15) is 0 Å². The van der Waals surface area contributed by atoms with Gasteiger partial charge in [0.05, 0.1) is 0 Å². The number of hydrogen-bond acceptors (Lipinski definition) is 2. The molecule has 0 saturated carbocycles. The summed E-state index contributed by atoms with van der Waals surface area (Å²) in [6, 6.07) is 1.39. The Kier molecular flexibility index (Phi) is 11.0. The summed E-state index contributed by atoms with van der Waals surface area (Å²) in [7, 11) is 0. The molecule has 2 unspecified atom stereocenters. The lowest BCUT2D eigenvalue weighted by Crippen LogP contribution is -2.50. The van der Waals surface area contributed by atoms with Gasteiger partial charge in [-0.15, -0.1) is 0 Å². The second kappa shape index (κ2) is 11.0. The van der Waals surface area contributed by atoms with Gasteiger partial charge < -0.3 is 5.32 Å². The van der Waals surface area contributed by atoms with E-state index in [1.54, 1.807) is 0 Å². The van der Waals surface area contributed by atoms with Gasteiger partial charge in [0, 0.05) is 12.1 Å². The van der Waals surface area contributed by atoms with Crippen LogP contribution in [0.1, 0.15) is 66.7 Å². The average molecular weight is 242 g/mol. The van der Waals surface area contributed by atoms with E-state index in [2.05, 4.69) is 44.8 Å². The minimum atomic E-state index is 0.677. The molecule has 0 fully saturated rings. The Bertz CT molecular complexity index is 159. The highest BCUT2D eigenvalue weighted by Crippen LogP contribution is 2.14. The fourth-order valence-corrected chi connectivity index (χ4v) is 2.71. The monoisotopic (exact) mass is 242 g/mol. The molecular formula is C15H34N2. The summed E-state index contributed by atoms with van der Waals surface area (Å²) in [4.78, 5) is 2.66. The van der Waals surface area contributed by atoms with Crippen LogP contribution >= 0.6 is 0 Å². The van der Waals surface area contributed by atoms with E-state index >= 15 is 0 Å². The molecule has 0 rings (SSSR count). The minimum Gasteiger partial charge on any atom is -0.312 e. The van der Waals surface area contributed by atoms with Crippen LogP contribution in [0, 0.1) is 0 Å². The zero-order valence-corrected chi connectivity index (χ0v) is 12.8. The molecule has 2 heteroatoms. The summed E-state index contributed by atoms with van der Waals surface area (Å²) in [5, 5.41) is 3.75. The molecule has 0 bridgehead atoms. The first kappa shape index (κ1) is 16.9. The molecule has 2 atom stereocenters. The van der Waals surface area contributed by atoms with E-state index in [-0.39, 0.29) is 0 Å². The molecule has 0 amide bonds. The van der Waals surface area contributed by atoms with Crippen LogP contribution in [-0.2, 0) is 0 Å². The largest absolute Gasteiger partial charge is 0.312 e. The third-order valence-electron chi connectivity index (χ3n) is 3.52. The fourth-order valence-electron chi connectivity index (χ4n) is 2.71. The molecule has 0 aliphatic heterocycles. The average Bonchev–Trinajstić information content (AvgIpc) is 2.35. The Labute approximate surface area is 109 Å². The fraction of sp³-hybridized carbons (Fsp3) is 1.00. The van der Waals surface area contributed by atoms with E-state index in [0.29, 0.717) is 12.1 Å². The van der Waals surface area contributed by atoms with Gasteiger partial charge in [-0.25, -0.2) is 0 Å². The number of rotatable bonds is 11. The smallest absolute Gasteiger partial charge is 0.0246 e. The molecule has 1 N–H and O–H groups in total. The van der Waals surface area contributed by atoms with Crippen LogP contribution in [-0.4, -0.2) is 36.6 Å². The van der Waals surface area contributed by atoms with E-state index in [1.807, 2.05) is 0 Å².